The lowest BCUT2D eigenvalue weighted by molar-refractivity contribution is 0.252. The maximum Gasteiger partial charge on any atom is 0.319 e. The first-order valence-electron chi connectivity index (χ1n) is 5.04. The lowest BCUT2D eigenvalue weighted by Crippen LogP contribution is -2.28. The summed E-state index contributed by atoms with van der Waals surface area (Å²) < 4.78 is 0. The minimum Gasteiger partial charge on any atom is -0.506 e. The van der Waals surface area contributed by atoms with Crippen molar-refractivity contribution in [2.75, 3.05) is 11.9 Å². The molecule has 0 fully saturated rings. The fourth-order valence-corrected chi connectivity index (χ4v) is 1.23. The number of aromatic hydroxyl groups is 1. The molecule has 4 nitrogen and oxygen atoms in total. The van der Waals surface area contributed by atoms with Crippen LogP contribution in [0.1, 0.15) is 19.4 Å². The fraction of sp³-hybridized carbons (Fsp3) is 0.364. The summed E-state index contributed by atoms with van der Waals surface area (Å²) in [5.41, 5.74) is 1.51. The van der Waals surface area contributed by atoms with Crippen LogP contribution in [0.4, 0.5) is 10.5 Å². The predicted molar refractivity (Wildman–Crippen MR) is 60.2 cm³/mol. The molecule has 0 aliphatic carbocycles. The highest BCUT2D eigenvalue weighted by Gasteiger charge is 2.05. The van der Waals surface area contributed by atoms with E-state index in [2.05, 4.69) is 10.6 Å². The monoisotopic (exact) mass is 208 g/mol. The van der Waals surface area contributed by atoms with Crippen molar-refractivity contribution in [3.63, 3.8) is 0 Å². The number of rotatable bonds is 3. The van der Waals surface area contributed by atoms with Gasteiger partial charge >= 0.3 is 6.03 Å². The molecule has 0 atom stereocenters. The molecule has 1 aromatic carbocycles. The molecule has 0 radical (unpaired) electrons. The zero-order chi connectivity index (χ0) is 11.3. The maximum atomic E-state index is 11.2. The number of aryl methyl sites for hydroxylation is 1. The highest BCUT2D eigenvalue weighted by molar-refractivity contribution is 5.90. The molecule has 0 saturated heterocycles. The van der Waals surface area contributed by atoms with Gasteiger partial charge in [-0.1, -0.05) is 13.0 Å². The third-order valence-corrected chi connectivity index (χ3v) is 2.05. The number of carbonyl (C=O) groups excluding carboxylic acids is 1. The Morgan fingerprint density at radius 2 is 2.13 bits per heavy atom. The molecular formula is C11H16N2O2. The van der Waals surface area contributed by atoms with Crippen LogP contribution in [0.15, 0.2) is 18.2 Å². The van der Waals surface area contributed by atoms with Gasteiger partial charge in [0.25, 0.3) is 0 Å². The zero-order valence-corrected chi connectivity index (χ0v) is 9.00. The number of anilines is 1. The number of hydrogen-bond donors (Lipinski definition) is 3. The molecule has 4 heteroatoms. The molecule has 1 rings (SSSR count). The van der Waals surface area contributed by atoms with E-state index in [1.807, 2.05) is 19.9 Å². The van der Waals surface area contributed by atoms with E-state index < -0.39 is 0 Å². The van der Waals surface area contributed by atoms with Gasteiger partial charge in [-0.2, -0.15) is 0 Å². The molecule has 0 heterocycles. The van der Waals surface area contributed by atoms with Gasteiger partial charge in [-0.25, -0.2) is 4.79 Å². The third kappa shape index (κ3) is 3.16. The SMILES string of the molecule is CCNC(=O)Nc1cc(CC)ccc1O. The summed E-state index contributed by atoms with van der Waals surface area (Å²) >= 11 is 0. The average molecular weight is 208 g/mol. The second-order valence-electron chi connectivity index (χ2n) is 3.19. The molecule has 2 amide bonds. The molecular weight excluding hydrogens is 192 g/mol. The molecule has 0 saturated carbocycles. The van der Waals surface area contributed by atoms with E-state index in [1.54, 1.807) is 12.1 Å². The highest BCUT2D eigenvalue weighted by atomic mass is 16.3. The average Bonchev–Trinajstić information content (AvgIpc) is 2.21. The van der Waals surface area contributed by atoms with Crippen molar-refractivity contribution in [3.8, 4) is 5.75 Å². The lowest BCUT2D eigenvalue weighted by Gasteiger charge is -2.09. The molecule has 0 unspecified atom stereocenters. The first-order valence-corrected chi connectivity index (χ1v) is 5.04. The van der Waals surface area contributed by atoms with Crippen molar-refractivity contribution in [2.45, 2.75) is 20.3 Å². The topological polar surface area (TPSA) is 61.4 Å². The quantitative estimate of drug-likeness (QED) is 0.666. The van der Waals surface area contributed by atoms with Crippen LogP contribution >= 0.6 is 0 Å². The van der Waals surface area contributed by atoms with E-state index in [4.69, 9.17) is 0 Å². The molecule has 15 heavy (non-hydrogen) atoms. The Balaban J connectivity index is 2.79. The number of phenolic OH excluding ortho intramolecular Hbond substituents is 1. The van der Waals surface area contributed by atoms with Gasteiger partial charge in [0.1, 0.15) is 5.75 Å². The number of hydrogen-bond acceptors (Lipinski definition) is 2. The van der Waals surface area contributed by atoms with Crippen LogP contribution in [-0.4, -0.2) is 17.7 Å². The summed E-state index contributed by atoms with van der Waals surface area (Å²) in [5.74, 6) is 0.0819. The summed E-state index contributed by atoms with van der Waals surface area (Å²) in [6.07, 6.45) is 0.865. The number of phenols is 1. The van der Waals surface area contributed by atoms with E-state index in [1.165, 1.54) is 0 Å². The molecule has 82 valence electrons. The third-order valence-electron chi connectivity index (χ3n) is 2.05. The largest absolute Gasteiger partial charge is 0.506 e. The van der Waals surface area contributed by atoms with E-state index in [0.717, 1.165) is 12.0 Å². The van der Waals surface area contributed by atoms with Crippen LogP contribution in [0.5, 0.6) is 5.75 Å². The standard InChI is InChI=1S/C11H16N2O2/c1-3-8-5-6-10(14)9(7-8)13-11(15)12-4-2/h5-7,14H,3-4H2,1-2H3,(H2,12,13,15). The summed E-state index contributed by atoms with van der Waals surface area (Å²) in [6, 6.07) is 4.88. The van der Waals surface area contributed by atoms with Crippen molar-refractivity contribution < 1.29 is 9.90 Å². The van der Waals surface area contributed by atoms with Crippen molar-refractivity contribution in [3.05, 3.63) is 23.8 Å². The van der Waals surface area contributed by atoms with Crippen molar-refractivity contribution in [1.29, 1.82) is 0 Å². The Kier molecular flexibility index (Phi) is 3.97. The van der Waals surface area contributed by atoms with Crippen molar-refractivity contribution in [1.82, 2.24) is 5.32 Å². The van der Waals surface area contributed by atoms with E-state index >= 15 is 0 Å². The summed E-state index contributed by atoms with van der Waals surface area (Å²) in [5, 5.41) is 14.7. The van der Waals surface area contributed by atoms with Gasteiger partial charge in [0.15, 0.2) is 0 Å². The second kappa shape index (κ2) is 5.24. The summed E-state index contributed by atoms with van der Waals surface area (Å²) in [6.45, 7) is 4.41. The van der Waals surface area contributed by atoms with Gasteiger partial charge in [-0.3, -0.25) is 0 Å². The van der Waals surface area contributed by atoms with Gasteiger partial charge in [0.2, 0.25) is 0 Å². The summed E-state index contributed by atoms with van der Waals surface area (Å²) in [4.78, 5) is 11.2. The van der Waals surface area contributed by atoms with Crippen LogP contribution in [-0.2, 0) is 6.42 Å². The van der Waals surface area contributed by atoms with E-state index in [9.17, 15) is 9.90 Å². The molecule has 0 spiro atoms. The van der Waals surface area contributed by atoms with E-state index in [0.29, 0.717) is 12.2 Å². The Bertz CT molecular complexity index is 350. The molecule has 1 aromatic rings. The first-order chi connectivity index (χ1) is 7.17. The Morgan fingerprint density at radius 3 is 2.73 bits per heavy atom. The maximum absolute atomic E-state index is 11.2. The summed E-state index contributed by atoms with van der Waals surface area (Å²) in [7, 11) is 0. The first kappa shape index (κ1) is 11.4. The van der Waals surface area contributed by atoms with Crippen LogP contribution < -0.4 is 10.6 Å². The number of benzene rings is 1. The second-order valence-corrected chi connectivity index (χ2v) is 3.19. The number of amides is 2. The predicted octanol–water partition coefficient (Wildman–Crippen LogP) is 2.10. The Labute approximate surface area is 89.3 Å². The van der Waals surface area contributed by atoms with Crippen LogP contribution in [0.3, 0.4) is 0 Å². The normalized spacial score (nSPS) is 9.73. The van der Waals surface area contributed by atoms with Gasteiger partial charge in [-0.05, 0) is 31.0 Å². The van der Waals surface area contributed by atoms with Crippen molar-refractivity contribution in [2.24, 2.45) is 0 Å². The van der Waals surface area contributed by atoms with E-state index in [-0.39, 0.29) is 11.8 Å². The molecule has 0 bridgehead atoms. The van der Waals surface area contributed by atoms with Crippen LogP contribution in [0.25, 0.3) is 0 Å². The molecule has 3 N–H and O–H groups in total. The van der Waals surface area contributed by atoms with Gasteiger partial charge in [0.05, 0.1) is 5.69 Å². The fourth-order valence-electron chi connectivity index (χ4n) is 1.23. The van der Waals surface area contributed by atoms with Crippen LogP contribution in [0.2, 0.25) is 0 Å². The molecule has 0 aliphatic heterocycles. The lowest BCUT2D eigenvalue weighted by atomic mass is 10.1. The number of carbonyl (C=O) groups is 1. The van der Waals surface area contributed by atoms with Gasteiger partial charge in [0, 0.05) is 6.54 Å². The van der Waals surface area contributed by atoms with Gasteiger partial charge < -0.3 is 15.7 Å². The van der Waals surface area contributed by atoms with Crippen LogP contribution in [0, 0.1) is 0 Å². The van der Waals surface area contributed by atoms with Crippen molar-refractivity contribution >= 4 is 11.7 Å². The number of urea groups is 1. The minimum absolute atomic E-state index is 0.0819. The minimum atomic E-state index is -0.305. The Hall–Kier alpha value is -1.71. The highest BCUT2D eigenvalue weighted by Crippen LogP contribution is 2.24. The van der Waals surface area contributed by atoms with Gasteiger partial charge in [-0.15, -0.1) is 0 Å². The zero-order valence-electron chi connectivity index (χ0n) is 9.00. The smallest absolute Gasteiger partial charge is 0.319 e. The number of nitrogens with one attached hydrogen (secondary N) is 2. The molecule has 0 aliphatic rings. The molecule has 0 aromatic heterocycles. The Morgan fingerprint density at radius 1 is 1.40 bits per heavy atom.